The Hall–Kier alpha value is -3.22. The molecule has 0 aliphatic carbocycles. The number of hydrogen-bond acceptors (Lipinski definition) is 4. The number of amides is 2. The van der Waals surface area contributed by atoms with Gasteiger partial charge in [-0.15, -0.1) is 0 Å². The number of phenols is 1. The van der Waals surface area contributed by atoms with Crippen LogP contribution in [-0.2, 0) is 17.8 Å². The summed E-state index contributed by atoms with van der Waals surface area (Å²) < 4.78 is 0. The molecule has 0 spiro atoms. The lowest BCUT2D eigenvalue weighted by Crippen LogP contribution is -2.31. The number of carboxylic acid groups (broad SMARTS) is 1. The van der Waals surface area contributed by atoms with Gasteiger partial charge in [-0.2, -0.15) is 0 Å². The molecule has 0 aliphatic heterocycles. The van der Waals surface area contributed by atoms with Crippen LogP contribution in [0.25, 0.3) is 0 Å². The van der Waals surface area contributed by atoms with Gasteiger partial charge in [-0.1, -0.05) is 26.0 Å². The lowest BCUT2D eigenvalue weighted by atomic mass is 9.99. The second-order valence-corrected chi connectivity index (χ2v) is 7.89. The number of carbonyl (C=O) groups is 2. The molecule has 2 aromatic carbocycles. The van der Waals surface area contributed by atoms with Gasteiger partial charge in [-0.3, -0.25) is 4.79 Å². The van der Waals surface area contributed by atoms with Crippen LogP contribution in [0.15, 0.2) is 36.4 Å². The zero-order valence-corrected chi connectivity index (χ0v) is 18.0. The van der Waals surface area contributed by atoms with Gasteiger partial charge in [0.25, 0.3) is 0 Å². The Kier molecular flexibility index (Phi) is 8.09. The van der Waals surface area contributed by atoms with Crippen molar-refractivity contribution in [2.24, 2.45) is 0 Å². The number of hydrogen-bond donors (Lipinski definition) is 5. The molecule has 7 heteroatoms. The number of carbonyl (C=O) groups excluding carboxylic acids is 1. The van der Waals surface area contributed by atoms with Crippen molar-refractivity contribution in [1.29, 1.82) is 0 Å². The fraction of sp³-hybridized carbons (Fsp3) is 0.391. The van der Waals surface area contributed by atoms with Crippen molar-refractivity contribution in [3.05, 3.63) is 53.1 Å². The summed E-state index contributed by atoms with van der Waals surface area (Å²) in [4.78, 5) is 22.1. The Labute approximate surface area is 177 Å². The topological polar surface area (TPSA) is 111 Å². The van der Waals surface area contributed by atoms with Gasteiger partial charge in [0.15, 0.2) is 0 Å². The van der Waals surface area contributed by atoms with Crippen LogP contribution in [0.3, 0.4) is 0 Å². The van der Waals surface area contributed by atoms with Crippen molar-refractivity contribution in [3.63, 3.8) is 0 Å². The lowest BCUT2D eigenvalue weighted by molar-refractivity contribution is -0.114. The third kappa shape index (κ3) is 7.31. The SMILES string of the molecule is CC(=O)Nc1cc(CNc2ccc(CC[C@H](C)NC(=O)O)cc2O)cc(C(C)C)c1. The Bertz CT molecular complexity index is 896. The van der Waals surface area contributed by atoms with E-state index in [4.69, 9.17) is 5.11 Å². The molecular weight excluding hydrogens is 382 g/mol. The van der Waals surface area contributed by atoms with Gasteiger partial charge in [0, 0.05) is 25.2 Å². The van der Waals surface area contributed by atoms with Crippen molar-refractivity contribution in [2.75, 3.05) is 10.6 Å². The summed E-state index contributed by atoms with van der Waals surface area (Å²) >= 11 is 0. The zero-order chi connectivity index (χ0) is 22.3. The Morgan fingerprint density at radius 2 is 1.77 bits per heavy atom. The first-order valence-electron chi connectivity index (χ1n) is 10.1. The van der Waals surface area contributed by atoms with Crippen LogP contribution >= 0.6 is 0 Å². The van der Waals surface area contributed by atoms with E-state index in [1.807, 2.05) is 31.2 Å². The van der Waals surface area contributed by atoms with Crippen LogP contribution in [0.4, 0.5) is 16.2 Å². The number of aromatic hydroxyl groups is 1. The number of aryl methyl sites for hydroxylation is 1. The molecule has 0 radical (unpaired) electrons. The van der Waals surface area contributed by atoms with Crippen molar-refractivity contribution < 1.29 is 19.8 Å². The van der Waals surface area contributed by atoms with Gasteiger partial charge in [0.1, 0.15) is 5.75 Å². The van der Waals surface area contributed by atoms with E-state index in [1.54, 1.807) is 6.07 Å². The summed E-state index contributed by atoms with van der Waals surface area (Å²) in [6, 6.07) is 11.3. The van der Waals surface area contributed by atoms with Crippen LogP contribution in [0.5, 0.6) is 5.75 Å². The number of nitrogens with one attached hydrogen (secondary N) is 3. The third-order valence-corrected chi connectivity index (χ3v) is 4.78. The maximum absolute atomic E-state index is 11.4. The van der Waals surface area contributed by atoms with Crippen molar-refractivity contribution in [3.8, 4) is 5.75 Å². The van der Waals surface area contributed by atoms with E-state index in [1.165, 1.54) is 6.92 Å². The number of phenolic OH excluding ortho intramolecular Hbond substituents is 1. The van der Waals surface area contributed by atoms with Gasteiger partial charge in [-0.05, 0) is 66.6 Å². The highest BCUT2D eigenvalue weighted by Crippen LogP contribution is 2.27. The maximum Gasteiger partial charge on any atom is 0.404 e. The molecule has 162 valence electrons. The van der Waals surface area contributed by atoms with Gasteiger partial charge >= 0.3 is 6.09 Å². The molecule has 7 nitrogen and oxygen atoms in total. The quantitative estimate of drug-likeness (QED) is 0.384. The molecule has 5 N–H and O–H groups in total. The maximum atomic E-state index is 11.4. The molecule has 0 bridgehead atoms. The van der Waals surface area contributed by atoms with Crippen LogP contribution in [0.2, 0.25) is 0 Å². The minimum Gasteiger partial charge on any atom is -0.506 e. The van der Waals surface area contributed by atoms with E-state index >= 15 is 0 Å². The molecule has 0 heterocycles. The van der Waals surface area contributed by atoms with E-state index in [-0.39, 0.29) is 17.7 Å². The molecule has 2 amide bonds. The molecular formula is C23H31N3O4. The van der Waals surface area contributed by atoms with Crippen LogP contribution < -0.4 is 16.0 Å². The lowest BCUT2D eigenvalue weighted by Gasteiger charge is -2.15. The highest BCUT2D eigenvalue weighted by atomic mass is 16.4. The predicted molar refractivity (Wildman–Crippen MR) is 119 cm³/mol. The molecule has 1 atom stereocenters. The minimum atomic E-state index is -1.03. The molecule has 0 unspecified atom stereocenters. The van der Waals surface area contributed by atoms with Crippen LogP contribution in [-0.4, -0.2) is 28.3 Å². The molecule has 0 aromatic heterocycles. The Balaban J connectivity index is 2.04. The number of benzene rings is 2. The summed E-state index contributed by atoms with van der Waals surface area (Å²) in [5, 5.41) is 27.6. The molecule has 0 saturated carbocycles. The first-order valence-corrected chi connectivity index (χ1v) is 10.1. The fourth-order valence-corrected chi connectivity index (χ4v) is 3.17. The van der Waals surface area contributed by atoms with Gasteiger partial charge in [0.2, 0.25) is 5.91 Å². The highest BCUT2D eigenvalue weighted by Gasteiger charge is 2.09. The standard InChI is InChI=1S/C23H31N3O4/c1-14(2)19-9-18(10-20(12-19)26-16(4)27)13-24-21-8-7-17(11-22(21)28)6-5-15(3)25-23(29)30/h7-12,14-15,24-25,28H,5-6,13H2,1-4H3,(H,26,27)(H,29,30)/t15-/m0/s1. The van der Waals surface area contributed by atoms with Gasteiger partial charge in [0.05, 0.1) is 5.69 Å². The van der Waals surface area contributed by atoms with E-state index in [0.717, 1.165) is 22.4 Å². The summed E-state index contributed by atoms with van der Waals surface area (Å²) in [5.74, 6) is 0.354. The molecule has 0 fully saturated rings. The van der Waals surface area contributed by atoms with E-state index < -0.39 is 6.09 Å². The smallest absolute Gasteiger partial charge is 0.404 e. The van der Waals surface area contributed by atoms with E-state index in [2.05, 4.69) is 35.9 Å². The molecule has 30 heavy (non-hydrogen) atoms. The van der Waals surface area contributed by atoms with E-state index in [0.29, 0.717) is 31.0 Å². The first kappa shape index (κ1) is 23.1. The normalized spacial score (nSPS) is 11.8. The van der Waals surface area contributed by atoms with Crippen molar-refractivity contribution >= 4 is 23.4 Å². The van der Waals surface area contributed by atoms with E-state index in [9.17, 15) is 14.7 Å². The summed E-state index contributed by atoms with van der Waals surface area (Å²) in [6.07, 6.45) is 0.270. The Morgan fingerprint density at radius 3 is 2.37 bits per heavy atom. The highest BCUT2D eigenvalue weighted by molar-refractivity contribution is 5.88. The predicted octanol–water partition coefficient (Wildman–Crippen LogP) is 4.67. The third-order valence-electron chi connectivity index (χ3n) is 4.78. The molecule has 2 rings (SSSR count). The minimum absolute atomic E-state index is 0.115. The number of anilines is 2. The largest absolute Gasteiger partial charge is 0.506 e. The van der Waals surface area contributed by atoms with Gasteiger partial charge in [-0.25, -0.2) is 4.79 Å². The second-order valence-electron chi connectivity index (χ2n) is 7.89. The first-order chi connectivity index (χ1) is 14.1. The van der Waals surface area contributed by atoms with Crippen LogP contribution in [0.1, 0.15) is 56.7 Å². The summed E-state index contributed by atoms with van der Waals surface area (Å²) in [7, 11) is 0. The fourth-order valence-electron chi connectivity index (χ4n) is 3.17. The second kappa shape index (κ2) is 10.5. The average Bonchev–Trinajstić information content (AvgIpc) is 2.64. The summed E-state index contributed by atoms with van der Waals surface area (Å²) in [5.41, 5.74) is 4.44. The Morgan fingerprint density at radius 1 is 1.03 bits per heavy atom. The average molecular weight is 414 g/mol. The van der Waals surface area contributed by atoms with Crippen molar-refractivity contribution in [2.45, 2.75) is 59.0 Å². The van der Waals surface area contributed by atoms with Crippen LogP contribution in [0, 0.1) is 0 Å². The van der Waals surface area contributed by atoms with Gasteiger partial charge < -0.3 is 26.2 Å². The molecule has 0 saturated heterocycles. The van der Waals surface area contributed by atoms with Crippen molar-refractivity contribution in [1.82, 2.24) is 5.32 Å². The zero-order valence-electron chi connectivity index (χ0n) is 18.0. The molecule has 2 aromatic rings. The molecule has 0 aliphatic rings. The monoisotopic (exact) mass is 413 g/mol. The summed E-state index contributed by atoms with van der Waals surface area (Å²) in [6.45, 7) is 7.99. The number of rotatable bonds is 9.